The molecule has 21 heteroatoms. The molecule has 4 N–H and O–H groups in total. The van der Waals surface area contributed by atoms with Crippen molar-refractivity contribution >= 4 is 71.1 Å². The minimum absolute atomic E-state index is 0.0671. The molecule has 20 nitrogen and oxygen atoms in total. The van der Waals surface area contributed by atoms with Gasteiger partial charge in [-0.3, -0.25) is 43.2 Å². The molecule has 0 radical (unpaired) electrons. The molecule has 2 saturated heterocycles. The van der Waals surface area contributed by atoms with Gasteiger partial charge in [0, 0.05) is 56.7 Å². The SMILES string of the molecule is CC(=O)Oc1ccc(C(=O)NCCCCN(CC(=O)NC(C(=O)N[C@@H]2C(=O)N3[C@@H]2SC(C)(C)[C@@H]3C(=O)O)c2ccccc2)C(=O)c2ccc(OC(C)=O)c(OC(C)=O)c2)cc1OC(C)=O. The minimum atomic E-state index is -1.37. The van der Waals surface area contributed by atoms with E-state index in [1.807, 2.05) is 0 Å². The maximum absolute atomic E-state index is 14.2. The lowest BCUT2D eigenvalue weighted by atomic mass is 9.95. The van der Waals surface area contributed by atoms with E-state index in [9.17, 15) is 53.1 Å². The molecule has 5 rings (SSSR count). The normalized spacial score (nSPS) is 17.2. The number of hydrogen-bond acceptors (Lipinski definition) is 15. The van der Waals surface area contributed by atoms with Gasteiger partial charge in [0.25, 0.3) is 11.8 Å². The van der Waals surface area contributed by atoms with Crippen LogP contribution in [-0.2, 0) is 38.4 Å². The molecular weight excluding hydrogens is 871 g/mol. The Hall–Kier alpha value is -7.29. The molecule has 0 aromatic heterocycles. The summed E-state index contributed by atoms with van der Waals surface area (Å²) >= 11 is 1.23. The van der Waals surface area contributed by atoms with E-state index in [0.29, 0.717) is 5.56 Å². The van der Waals surface area contributed by atoms with E-state index in [2.05, 4.69) is 16.0 Å². The first-order chi connectivity index (χ1) is 30.7. The predicted octanol–water partition coefficient (Wildman–Crippen LogP) is 2.53. The number of rotatable bonds is 18. The van der Waals surface area contributed by atoms with Crippen LogP contribution in [0.5, 0.6) is 23.0 Å². The zero-order valence-electron chi connectivity index (χ0n) is 36.2. The molecule has 5 amide bonds. The Morgan fingerprint density at radius 1 is 0.754 bits per heavy atom. The number of carbonyl (C=O) groups excluding carboxylic acids is 9. The van der Waals surface area contributed by atoms with Crippen molar-refractivity contribution in [1.29, 1.82) is 0 Å². The number of benzene rings is 3. The van der Waals surface area contributed by atoms with Gasteiger partial charge in [-0.25, -0.2) is 4.79 Å². The van der Waals surface area contributed by atoms with Crippen molar-refractivity contribution in [3.63, 3.8) is 0 Å². The summed E-state index contributed by atoms with van der Waals surface area (Å²) in [5.74, 6) is -8.10. The van der Waals surface area contributed by atoms with E-state index in [0.717, 1.165) is 32.6 Å². The molecule has 4 atom stereocenters. The molecule has 65 heavy (non-hydrogen) atoms. The highest BCUT2D eigenvalue weighted by Crippen LogP contribution is 2.51. The summed E-state index contributed by atoms with van der Waals surface area (Å²) < 4.78 is 19.6. The number of nitrogens with zero attached hydrogens (tertiary/aromatic N) is 2. The van der Waals surface area contributed by atoms with Gasteiger partial charge in [0.2, 0.25) is 17.7 Å². The maximum Gasteiger partial charge on any atom is 0.327 e. The van der Waals surface area contributed by atoms with Gasteiger partial charge in [0.15, 0.2) is 23.0 Å². The summed E-state index contributed by atoms with van der Waals surface area (Å²) in [5, 5.41) is 17.2. The average molecular weight is 918 g/mol. The van der Waals surface area contributed by atoms with Gasteiger partial charge in [-0.15, -0.1) is 11.8 Å². The molecule has 0 saturated carbocycles. The van der Waals surface area contributed by atoms with Crippen LogP contribution in [0.3, 0.4) is 0 Å². The smallest absolute Gasteiger partial charge is 0.327 e. The number of thioether (sulfide) groups is 1. The van der Waals surface area contributed by atoms with Crippen LogP contribution in [0.25, 0.3) is 0 Å². The number of amides is 5. The standard InChI is InChI=1S/C44H47N5O15S/c1-23(50)61-30-16-14-28(20-32(30)63-25(3)52)38(55)45-18-10-11-19-48(40(57)29-15-17-31(62-24(2)51)33(21-29)64-26(4)53)22-34(54)46-35(27-12-8-7-9-13-27)39(56)47-36-41(58)49-37(43(59)60)44(5,6)65-42(36)49/h7-9,12-17,20-21,35-37,42H,10-11,18-19,22H2,1-6H3,(H,45,55)(H,46,54)(H,47,56)(H,59,60)/t35?,36-,37+,42-/m1/s1. The van der Waals surface area contributed by atoms with Gasteiger partial charge in [-0.1, -0.05) is 30.3 Å². The summed E-state index contributed by atoms with van der Waals surface area (Å²) in [6, 6.07) is 12.2. The fourth-order valence-electron chi connectivity index (χ4n) is 7.11. The number of aliphatic carboxylic acids is 1. The third kappa shape index (κ3) is 12.3. The number of carbonyl (C=O) groups is 10. The molecule has 2 heterocycles. The van der Waals surface area contributed by atoms with Crippen molar-refractivity contribution in [3.05, 3.63) is 83.4 Å². The quantitative estimate of drug-likeness (QED) is 0.0618. The summed E-state index contributed by atoms with van der Waals surface area (Å²) in [4.78, 5) is 129. The second-order valence-corrected chi connectivity index (χ2v) is 17.2. The monoisotopic (exact) mass is 917 g/mol. The van der Waals surface area contributed by atoms with Crippen LogP contribution < -0.4 is 34.9 Å². The van der Waals surface area contributed by atoms with Crippen molar-refractivity contribution in [1.82, 2.24) is 25.8 Å². The van der Waals surface area contributed by atoms with Crippen LogP contribution >= 0.6 is 11.8 Å². The summed E-state index contributed by atoms with van der Waals surface area (Å²) in [5.41, 5.74) is 0.352. The Bertz CT molecular complexity index is 2410. The number of fused-ring (bicyclic) bond motifs is 1. The highest BCUT2D eigenvalue weighted by Gasteiger charge is 2.64. The summed E-state index contributed by atoms with van der Waals surface area (Å²) in [6.45, 7) is 7.30. The van der Waals surface area contributed by atoms with Crippen LogP contribution in [0.2, 0.25) is 0 Å². The highest BCUT2D eigenvalue weighted by molar-refractivity contribution is 8.01. The third-order valence-corrected chi connectivity index (χ3v) is 11.4. The lowest BCUT2D eigenvalue weighted by Crippen LogP contribution is -2.71. The molecule has 2 aliphatic heterocycles. The largest absolute Gasteiger partial charge is 0.480 e. The van der Waals surface area contributed by atoms with Crippen molar-refractivity contribution in [2.45, 2.75) is 82.6 Å². The third-order valence-electron chi connectivity index (χ3n) is 9.85. The zero-order valence-corrected chi connectivity index (χ0v) is 37.0. The van der Waals surface area contributed by atoms with Crippen molar-refractivity contribution in [3.8, 4) is 23.0 Å². The maximum atomic E-state index is 14.2. The number of carboxylic acid groups (broad SMARTS) is 1. The van der Waals surface area contributed by atoms with E-state index in [1.165, 1.54) is 53.1 Å². The van der Waals surface area contributed by atoms with E-state index >= 15 is 0 Å². The number of esters is 4. The van der Waals surface area contributed by atoms with Crippen LogP contribution in [0, 0.1) is 0 Å². The molecule has 344 valence electrons. The summed E-state index contributed by atoms with van der Waals surface area (Å²) in [6.07, 6.45) is 0.477. The van der Waals surface area contributed by atoms with Crippen LogP contribution in [0.15, 0.2) is 66.7 Å². The lowest BCUT2D eigenvalue weighted by Gasteiger charge is -2.44. The van der Waals surface area contributed by atoms with Gasteiger partial charge in [0.05, 0.1) is 6.54 Å². The highest BCUT2D eigenvalue weighted by atomic mass is 32.2. The molecular formula is C44H47N5O15S. The Labute approximate surface area is 376 Å². The molecule has 2 aliphatic rings. The van der Waals surface area contributed by atoms with Gasteiger partial charge in [-0.05, 0) is 68.7 Å². The number of ether oxygens (including phenoxy) is 4. The Morgan fingerprint density at radius 2 is 1.29 bits per heavy atom. The average Bonchev–Trinajstić information content (AvgIpc) is 3.49. The van der Waals surface area contributed by atoms with E-state index in [4.69, 9.17) is 18.9 Å². The molecule has 3 aromatic rings. The molecule has 1 unspecified atom stereocenters. The zero-order chi connectivity index (χ0) is 47.7. The Kier molecular flexibility index (Phi) is 15.7. The number of unbranched alkanes of at least 4 members (excludes halogenated alkanes) is 1. The van der Waals surface area contributed by atoms with Gasteiger partial charge >= 0.3 is 29.8 Å². The van der Waals surface area contributed by atoms with Gasteiger partial charge in [-0.2, -0.15) is 0 Å². The van der Waals surface area contributed by atoms with Crippen LogP contribution in [-0.4, -0.2) is 116 Å². The van der Waals surface area contributed by atoms with Gasteiger partial charge in [0.1, 0.15) is 23.5 Å². The molecule has 3 aromatic carbocycles. The first-order valence-corrected chi connectivity index (χ1v) is 21.0. The molecule has 0 aliphatic carbocycles. The molecule has 0 spiro atoms. The number of hydrogen-bond donors (Lipinski definition) is 4. The minimum Gasteiger partial charge on any atom is -0.480 e. The Balaban J connectivity index is 1.33. The fourth-order valence-corrected chi connectivity index (χ4v) is 8.74. The first kappa shape index (κ1) is 48.7. The van der Waals surface area contributed by atoms with E-state index in [-0.39, 0.29) is 60.1 Å². The summed E-state index contributed by atoms with van der Waals surface area (Å²) in [7, 11) is 0. The van der Waals surface area contributed by atoms with Gasteiger partial charge < -0.3 is 49.8 Å². The fraction of sp³-hybridized carbons (Fsp3) is 0.364. The lowest BCUT2D eigenvalue weighted by molar-refractivity contribution is -0.161. The van der Waals surface area contributed by atoms with Crippen LogP contribution in [0.4, 0.5) is 0 Å². The van der Waals surface area contributed by atoms with E-state index < -0.39 is 94.2 Å². The number of β-lactam (4-membered cyclic amide) rings is 1. The van der Waals surface area contributed by atoms with Crippen molar-refractivity contribution in [2.24, 2.45) is 0 Å². The number of carboxylic acids is 1. The molecule has 0 bridgehead atoms. The topological polar surface area (TPSA) is 270 Å². The molecule has 2 fully saturated rings. The number of nitrogens with one attached hydrogen (secondary N) is 3. The van der Waals surface area contributed by atoms with E-state index in [1.54, 1.807) is 44.2 Å². The first-order valence-electron chi connectivity index (χ1n) is 20.1. The second-order valence-electron chi connectivity index (χ2n) is 15.4. The second kappa shape index (κ2) is 20.9. The van der Waals surface area contributed by atoms with Crippen LogP contribution in [0.1, 0.15) is 86.7 Å². The Morgan fingerprint density at radius 3 is 1.85 bits per heavy atom. The van der Waals surface area contributed by atoms with Crippen molar-refractivity contribution in [2.75, 3.05) is 19.6 Å². The van der Waals surface area contributed by atoms with Crippen molar-refractivity contribution < 1.29 is 72.0 Å². The predicted molar refractivity (Wildman–Crippen MR) is 229 cm³/mol.